The fourth-order valence-electron chi connectivity index (χ4n) is 1.44. The number of aromatic nitrogens is 1. The molecular formula is C14H15NO3. The van der Waals surface area contributed by atoms with Gasteiger partial charge in [-0.25, -0.2) is 0 Å². The number of nitrogens with one attached hydrogen (secondary N) is 1. The van der Waals surface area contributed by atoms with Crippen LogP contribution in [0.1, 0.15) is 28.5 Å². The number of ketones is 1. The van der Waals surface area contributed by atoms with Gasteiger partial charge in [-0.3, -0.25) is 9.59 Å². The van der Waals surface area contributed by atoms with E-state index in [1.165, 1.54) is 0 Å². The van der Waals surface area contributed by atoms with Crippen LogP contribution < -0.4 is 0 Å². The molecule has 0 amide bonds. The van der Waals surface area contributed by atoms with Crippen LogP contribution in [-0.4, -0.2) is 21.8 Å². The molecule has 2 aromatic rings. The smallest absolute Gasteiger partial charge is 0.300 e. The Morgan fingerprint density at radius 1 is 1.11 bits per heavy atom. The number of aryl methyl sites for hydroxylation is 1. The molecule has 0 radical (unpaired) electrons. The lowest BCUT2D eigenvalue weighted by Gasteiger charge is -2.01. The minimum Gasteiger partial charge on any atom is -0.481 e. The number of hydrogen-bond donors (Lipinski definition) is 2. The Bertz CT molecular complexity index is 526. The average molecular weight is 245 g/mol. The van der Waals surface area contributed by atoms with E-state index in [1.54, 1.807) is 12.3 Å². The molecule has 1 aromatic carbocycles. The number of carboxylic acids is 1. The second-order valence-corrected chi connectivity index (χ2v) is 3.75. The van der Waals surface area contributed by atoms with Crippen molar-refractivity contribution in [2.75, 3.05) is 0 Å². The van der Waals surface area contributed by atoms with Gasteiger partial charge in [0.2, 0.25) is 5.78 Å². The Hall–Kier alpha value is -2.36. The summed E-state index contributed by atoms with van der Waals surface area (Å²) in [6.45, 7) is 3.02. The van der Waals surface area contributed by atoms with Crippen LogP contribution in [0.5, 0.6) is 0 Å². The molecule has 0 bridgehead atoms. The second-order valence-electron chi connectivity index (χ2n) is 3.75. The summed E-state index contributed by atoms with van der Waals surface area (Å²) in [6, 6.07) is 11.2. The minimum atomic E-state index is -0.833. The molecule has 0 aliphatic rings. The zero-order valence-electron chi connectivity index (χ0n) is 10.3. The van der Waals surface area contributed by atoms with Crippen LogP contribution in [0.25, 0.3) is 0 Å². The van der Waals surface area contributed by atoms with Gasteiger partial charge in [-0.1, -0.05) is 24.3 Å². The predicted molar refractivity (Wildman–Crippen MR) is 68.7 cm³/mol. The summed E-state index contributed by atoms with van der Waals surface area (Å²) >= 11 is 0. The fourth-order valence-corrected chi connectivity index (χ4v) is 1.44. The number of hydrogen-bond acceptors (Lipinski definition) is 2. The highest BCUT2D eigenvalue weighted by molar-refractivity contribution is 6.08. The van der Waals surface area contributed by atoms with Crippen LogP contribution in [-0.2, 0) is 4.79 Å². The largest absolute Gasteiger partial charge is 0.481 e. The molecule has 2 rings (SSSR count). The third-order valence-electron chi connectivity index (χ3n) is 2.23. The molecule has 94 valence electrons. The van der Waals surface area contributed by atoms with Gasteiger partial charge in [0.25, 0.3) is 5.97 Å². The minimum absolute atomic E-state index is 0.0492. The topological polar surface area (TPSA) is 70.2 Å². The van der Waals surface area contributed by atoms with Crippen molar-refractivity contribution in [3.8, 4) is 0 Å². The molecule has 1 heterocycles. The molecule has 0 unspecified atom stereocenters. The van der Waals surface area contributed by atoms with Gasteiger partial charge in [0.1, 0.15) is 0 Å². The van der Waals surface area contributed by atoms with Crippen molar-refractivity contribution in [3.63, 3.8) is 0 Å². The van der Waals surface area contributed by atoms with Gasteiger partial charge in [-0.2, -0.15) is 0 Å². The first-order chi connectivity index (χ1) is 8.52. The van der Waals surface area contributed by atoms with Crippen molar-refractivity contribution >= 4 is 11.8 Å². The first-order valence-corrected chi connectivity index (χ1v) is 5.45. The Kier molecular flexibility index (Phi) is 4.87. The molecule has 0 saturated heterocycles. The molecule has 0 fully saturated rings. The van der Waals surface area contributed by atoms with Gasteiger partial charge in [0, 0.05) is 18.7 Å². The Labute approximate surface area is 105 Å². The summed E-state index contributed by atoms with van der Waals surface area (Å²) in [6.07, 6.45) is 1.76. The van der Waals surface area contributed by atoms with Crippen molar-refractivity contribution in [3.05, 3.63) is 59.4 Å². The van der Waals surface area contributed by atoms with E-state index in [1.807, 2.05) is 37.3 Å². The number of rotatable bonds is 2. The summed E-state index contributed by atoms with van der Waals surface area (Å²) in [7, 11) is 0. The molecule has 0 saturated carbocycles. The van der Waals surface area contributed by atoms with Crippen molar-refractivity contribution in [2.45, 2.75) is 13.8 Å². The molecular weight excluding hydrogens is 230 g/mol. The van der Waals surface area contributed by atoms with Crippen molar-refractivity contribution in [1.29, 1.82) is 0 Å². The van der Waals surface area contributed by atoms with Crippen molar-refractivity contribution < 1.29 is 14.7 Å². The van der Waals surface area contributed by atoms with Crippen molar-refractivity contribution in [2.24, 2.45) is 0 Å². The summed E-state index contributed by atoms with van der Waals surface area (Å²) in [5.41, 5.74) is 2.40. The van der Waals surface area contributed by atoms with Crippen molar-refractivity contribution in [1.82, 2.24) is 4.98 Å². The van der Waals surface area contributed by atoms with Gasteiger partial charge in [0.05, 0.1) is 5.69 Å². The number of carbonyl (C=O) groups is 2. The third kappa shape index (κ3) is 3.90. The van der Waals surface area contributed by atoms with Gasteiger partial charge >= 0.3 is 0 Å². The monoisotopic (exact) mass is 245 g/mol. The Balaban J connectivity index is 0.000000357. The zero-order valence-corrected chi connectivity index (χ0v) is 10.3. The maximum absolute atomic E-state index is 11.9. The molecule has 0 atom stereocenters. The fraction of sp³-hybridized carbons (Fsp3) is 0.143. The first kappa shape index (κ1) is 13.7. The highest BCUT2D eigenvalue weighted by atomic mass is 16.4. The van der Waals surface area contributed by atoms with Crippen LogP contribution in [0.2, 0.25) is 0 Å². The van der Waals surface area contributed by atoms with E-state index in [0.29, 0.717) is 5.69 Å². The molecule has 1 aromatic heterocycles. The number of carbonyl (C=O) groups excluding carboxylic acids is 1. The molecule has 4 heteroatoms. The van der Waals surface area contributed by atoms with E-state index in [0.717, 1.165) is 18.1 Å². The molecule has 0 spiro atoms. The predicted octanol–water partition coefficient (Wildman–Crippen LogP) is 2.65. The number of benzene rings is 1. The van der Waals surface area contributed by atoms with E-state index < -0.39 is 5.97 Å². The highest BCUT2D eigenvalue weighted by Gasteiger charge is 2.10. The van der Waals surface area contributed by atoms with Crippen LogP contribution >= 0.6 is 0 Å². The van der Waals surface area contributed by atoms with Crippen LogP contribution in [0.15, 0.2) is 42.6 Å². The SMILES string of the molecule is CC(=O)O.Cc1ccccc1C(=O)c1ccc[nH]1. The zero-order chi connectivity index (χ0) is 13.5. The number of carboxylic acid groups (broad SMARTS) is 1. The highest BCUT2D eigenvalue weighted by Crippen LogP contribution is 2.11. The molecule has 2 N–H and O–H groups in total. The van der Waals surface area contributed by atoms with Gasteiger partial charge in [-0.15, -0.1) is 0 Å². The average Bonchev–Trinajstić information content (AvgIpc) is 2.81. The molecule has 4 nitrogen and oxygen atoms in total. The van der Waals surface area contributed by atoms with E-state index in [4.69, 9.17) is 9.90 Å². The normalized spacial score (nSPS) is 9.22. The van der Waals surface area contributed by atoms with Gasteiger partial charge in [-0.05, 0) is 24.6 Å². The number of aliphatic carboxylic acids is 1. The van der Waals surface area contributed by atoms with E-state index in [9.17, 15) is 4.79 Å². The summed E-state index contributed by atoms with van der Waals surface area (Å²) in [5, 5.41) is 7.42. The summed E-state index contributed by atoms with van der Waals surface area (Å²) in [5.74, 6) is -0.784. The molecule has 0 aliphatic heterocycles. The van der Waals surface area contributed by atoms with Crippen LogP contribution in [0, 0.1) is 6.92 Å². The lowest BCUT2D eigenvalue weighted by Crippen LogP contribution is -2.03. The number of H-pyrrole nitrogens is 1. The second kappa shape index (κ2) is 6.39. The Morgan fingerprint density at radius 2 is 1.72 bits per heavy atom. The number of aromatic amines is 1. The first-order valence-electron chi connectivity index (χ1n) is 5.45. The lowest BCUT2D eigenvalue weighted by molar-refractivity contribution is -0.134. The third-order valence-corrected chi connectivity index (χ3v) is 2.23. The van der Waals surface area contributed by atoms with E-state index in [2.05, 4.69) is 4.98 Å². The maximum Gasteiger partial charge on any atom is 0.300 e. The standard InChI is InChI=1S/C12H11NO.C2H4O2/c1-9-5-2-3-6-10(9)12(14)11-7-4-8-13-11;1-2(3)4/h2-8,13H,1H3;1H3,(H,3,4). The Morgan fingerprint density at radius 3 is 2.22 bits per heavy atom. The van der Waals surface area contributed by atoms with Crippen LogP contribution in [0.4, 0.5) is 0 Å². The van der Waals surface area contributed by atoms with Crippen LogP contribution in [0.3, 0.4) is 0 Å². The molecule has 0 aliphatic carbocycles. The van der Waals surface area contributed by atoms with E-state index >= 15 is 0 Å². The van der Waals surface area contributed by atoms with Gasteiger partial charge in [0.15, 0.2) is 0 Å². The lowest BCUT2D eigenvalue weighted by atomic mass is 10.0. The quantitative estimate of drug-likeness (QED) is 0.799. The van der Waals surface area contributed by atoms with Gasteiger partial charge < -0.3 is 10.1 Å². The maximum atomic E-state index is 11.9. The summed E-state index contributed by atoms with van der Waals surface area (Å²) < 4.78 is 0. The van der Waals surface area contributed by atoms with E-state index in [-0.39, 0.29) is 5.78 Å². The summed E-state index contributed by atoms with van der Waals surface area (Å²) in [4.78, 5) is 23.8. The molecule has 18 heavy (non-hydrogen) atoms.